The maximum absolute atomic E-state index is 6.19. The van der Waals surface area contributed by atoms with E-state index in [0.29, 0.717) is 10.1 Å². The van der Waals surface area contributed by atoms with E-state index in [-0.39, 0.29) is 11.6 Å². The number of hydrogen-bond donors (Lipinski definition) is 2. The normalized spacial score (nSPS) is 17.8. The Bertz CT molecular complexity index is 795. The minimum absolute atomic E-state index is 0.0344. The van der Waals surface area contributed by atoms with Gasteiger partial charge in [-0.15, -0.1) is 0 Å². The van der Waals surface area contributed by atoms with E-state index in [2.05, 4.69) is 24.5 Å². The first-order valence-electron chi connectivity index (χ1n) is 8.07. The third kappa shape index (κ3) is 4.17. The van der Waals surface area contributed by atoms with E-state index in [1.807, 2.05) is 42.5 Å². The zero-order chi connectivity index (χ0) is 18.0. The van der Waals surface area contributed by atoms with Gasteiger partial charge in [-0.3, -0.25) is 0 Å². The van der Waals surface area contributed by atoms with Crippen LogP contribution in [0.25, 0.3) is 0 Å². The van der Waals surface area contributed by atoms with Crippen LogP contribution in [0.2, 0.25) is 5.02 Å². The highest BCUT2D eigenvalue weighted by atomic mass is 35.5. The van der Waals surface area contributed by atoms with Crippen molar-refractivity contribution in [2.45, 2.75) is 31.9 Å². The van der Waals surface area contributed by atoms with Crippen molar-refractivity contribution in [2.24, 2.45) is 0 Å². The van der Waals surface area contributed by atoms with Gasteiger partial charge in [-0.25, -0.2) is 0 Å². The van der Waals surface area contributed by atoms with Crippen LogP contribution in [0, 0.1) is 0 Å². The molecule has 132 valence electrons. The quantitative estimate of drug-likeness (QED) is 0.743. The molecule has 0 bridgehead atoms. The van der Waals surface area contributed by atoms with Gasteiger partial charge < -0.3 is 20.1 Å². The van der Waals surface area contributed by atoms with Gasteiger partial charge in [0.05, 0.1) is 23.9 Å². The van der Waals surface area contributed by atoms with Gasteiger partial charge in [0.15, 0.2) is 5.11 Å². The minimum atomic E-state index is -0.308. The molecule has 0 radical (unpaired) electrons. The Hall–Kier alpha value is -1.98. The maximum atomic E-state index is 6.19. The summed E-state index contributed by atoms with van der Waals surface area (Å²) in [5, 5.41) is 7.70. The molecule has 0 saturated heterocycles. The van der Waals surface area contributed by atoms with Crippen LogP contribution < -0.4 is 20.1 Å². The number of halogens is 1. The molecular weight excluding hydrogens is 356 g/mol. The molecular formula is C19H21ClN2O2S. The molecule has 1 atom stereocenters. The molecule has 4 nitrogen and oxygen atoms in total. The lowest BCUT2D eigenvalue weighted by atomic mass is 9.89. The smallest absolute Gasteiger partial charge is 0.171 e. The Balaban J connectivity index is 1.80. The average molecular weight is 377 g/mol. The fraction of sp³-hybridized carbons (Fsp3) is 0.316. The van der Waals surface area contributed by atoms with Crippen molar-refractivity contribution in [1.82, 2.24) is 5.32 Å². The zero-order valence-electron chi connectivity index (χ0n) is 14.4. The van der Waals surface area contributed by atoms with Gasteiger partial charge in [-0.1, -0.05) is 23.7 Å². The number of ether oxygens (including phenoxy) is 2. The predicted octanol–water partition coefficient (Wildman–Crippen LogP) is 4.94. The average Bonchev–Trinajstić information content (AvgIpc) is 2.55. The lowest BCUT2D eigenvalue weighted by molar-refractivity contribution is 0.0693. The summed E-state index contributed by atoms with van der Waals surface area (Å²) in [6.45, 7) is 4.13. The van der Waals surface area contributed by atoms with E-state index in [9.17, 15) is 0 Å². The van der Waals surface area contributed by atoms with Crippen LogP contribution in [0.3, 0.4) is 0 Å². The van der Waals surface area contributed by atoms with Gasteiger partial charge in [0, 0.05) is 18.1 Å². The van der Waals surface area contributed by atoms with Crippen molar-refractivity contribution in [3.05, 3.63) is 53.1 Å². The maximum Gasteiger partial charge on any atom is 0.171 e. The second-order valence-electron chi connectivity index (χ2n) is 6.60. The van der Waals surface area contributed by atoms with Gasteiger partial charge in [0.25, 0.3) is 0 Å². The molecule has 3 rings (SSSR count). The molecule has 2 aromatic carbocycles. The Morgan fingerprint density at radius 3 is 2.76 bits per heavy atom. The minimum Gasteiger partial charge on any atom is -0.497 e. The zero-order valence-corrected chi connectivity index (χ0v) is 16.0. The standard InChI is InChI=1S/C19H21ClN2O2S/c1-19(2)11-16(13-9-8-12(23-3)10-17(13)24-19)22-18(25)21-15-7-5-4-6-14(15)20/h4-10,16H,11H2,1-3H3,(H2,21,22,25)/t16-/m1/s1. The molecule has 0 unspecified atom stereocenters. The molecule has 2 aromatic rings. The second kappa shape index (κ2) is 7.10. The summed E-state index contributed by atoms with van der Waals surface area (Å²) >= 11 is 11.7. The van der Waals surface area contributed by atoms with Crippen LogP contribution in [0.5, 0.6) is 11.5 Å². The van der Waals surface area contributed by atoms with Crippen molar-refractivity contribution < 1.29 is 9.47 Å². The van der Waals surface area contributed by atoms with E-state index in [0.717, 1.165) is 29.2 Å². The monoisotopic (exact) mass is 376 g/mol. The molecule has 6 heteroatoms. The first-order valence-corrected chi connectivity index (χ1v) is 8.85. The summed E-state index contributed by atoms with van der Waals surface area (Å²) in [6.07, 6.45) is 0.788. The van der Waals surface area contributed by atoms with E-state index in [1.165, 1.54) is 0 Å². The van der Waals surface area contributed by atoms with Crippen LogP contribution in [-0.2, 0) is 0 Å². The number of fused-ring (bicyclic) bond motifs is 1. The molecule has 0 saturated carbocycles. The molecule has 25 heavy (non-hydrogen) atoms. The molecule has 0 fully saturated rings. The molecule has 1 aliphatic heterocycles. The Labute approximate surface area is 158 Å². The van der Waals surface area contributed by atoms with Crippen LogP contribution >= 0.6 is 23.8 Å². The highest BCUT2D eigenvalue weighted by Gasteiger charge is 2.34. The summed E-state index contributed by atoms with van der Waals surface area (Å²) in [6, 6.07) is 13.4. The predicted molar refractivity (Wildman–Crippen MR) is 106 cm³/mol. The third-order valence-electron chi connectivity index (χ3n) is 4.11. The van der Waals surface area contributed by atoms with Gasteiger partial charge in [-0.05, 0) is 50.3 Å². The fourth-order valence-corrected chi connectivity index (χ4v) is 3.40. The molecule has 0 spiro atoms. The number of thiocarbonyl (C=S) groups is 1. The van der Waals surface area contributed by atoms with Crippen LogP contribution in [0.4, 0.5) is 5.69 Å². The summed E-state index contributed by atoms with van der Waals surface area (Å²) in [5.74, 6) is 1.58. The number of methoxy groups -OCH3 is 1. The van der Waals surface area contributed by atoms with Crippen molar-refractivity contribution in [1.29, 1.82) is 0 Å². The summed E-state index contributed by atoms with van der Waals surface area (Å²) in [5.41, 5.74) is 1.53. The van der Waals surface area contributed by atoms with Gasteiger partial charge >= 0.3 is 0 Å². The van der Waals surface area contributed by atoms with Gasteiger partial charge in [0.2, 0.25) is 0 Å². The van der Waals surface area contributed by atoms with Gasteiger partial charge in [0.1, 0.15) is 17.1 Å². The van der Waals surface area contributed by atoms with E-state index >= 15 is 0 Å². The summed E-state index contributed by atoms with van der Waals surface area (Å²) in [4.78, 5) is 0. The van der Waals surface area contributed by atoms with Crippen molar-refractivity contribution in [3.8, 4) is 11.5 Å². The third-order valence-corrected chi connectivity index (χ3v) is 4.65. The van der Waals surface area contributed by atoms with E-state index < -0.39 is 0 Å². The number of anilines is 1. The summed E-state index contributed by atoms with van der Waals surface area (Å²) < 4.78 is 11.4. The molecule has 0 amide bonds. The number of rotatable bonds is 3. The Morgan fingerprint density at radius 1 is 1.28 bits per heavy atom. The molecule has 1 heterocycles. The number of para-hydroxylation sites is 1. The number of hydrogen-bond acceptors (Lipinski definition) is 3. The summed E-state index contributed by atoms with van der Waals surface area (Å²) in [7, 11) is 1.65. The van der Waals surface area contributed by atoms with E-state index in [4.69, 9.17) is 33.3 Å². The van der Waals surface area contributed by atoms with Crippen molar-refractivity contribution >= 4 is 34.6 Å². The Kier molecular flexibility index (Phi) is 5.06. The number of benzene rings is 2. The number of nitrogens with one attached hydrogen (secondary N) is 2. The molecule has 2 N–H and O–H groups in total. The van der Waals surface area contributed by atoms with Crippen LogP contribution in [0.15, 0.2) is 42.5 Å². The van der Waals surface area contributed by atoms with Crippen LogP contribution in [0.1, 0.15) is 31.9 Å². The molecule has 1 aliphatic rings. The van der Waals surface area contributed by atoms with Crippen molar-refractivity contribution in [3.63, 3.8) is 0 Å². The van der Waals surface area contributed by atoms with E-state index in [1.54, 1.807) is 7.11 Å². The highest BCUT2D eigenvalue weighted by Crippen LogP contribution is 2.41. The Morgan fingerprint density at radius 2 is 2.04 bits per heavy atom. The largest absolute Gasteiger partial charge is 0.497 e. The SMILES string of the molecule is COc1ccc2c(c1)OC(C)(C)C[C@H]2NC(=S)Nc1ccccc1Cl. The molecule has 0 aliphatic carbocycles. The lowest BCUT2D eigenvalue weighted by Crippen LogP contribution is -2.42. The topological polar surface area (TPSA) is 42.5 Å². The first kappa shape index (κ1) is 17.8. The van der Waals surface area contributed by atoms with Gasteiger partial charge in [-0.2, -0.15) is 0 Å². The fourth-order valence-electron chi connectivity index (χ4n) is 2.97. The first-order chi connectivity index (χ1) is 11.9. The molecule has 0 aromatic heterocycles. The second-order valence-corrected chi connectivity index (χ2v) is 7.42. The lowest BCUT2D eigenvalue weighted by Gasteiger charge is -2.38. The van der Waals surface area contributed by atoms with Crippen LogP contribution in [-0.4, -0.2) is 17.8 Å². The highest BCUT2D eigenvalue weighted by molar-refractivity contribution is 7.80. The van der Waals surface area contributed by atoms with Crippen molar-refractivity contribution in [2.75, 3.05) is 12.4 Å².